The van der Waals surface area contributed by atoms with Gasteiger partial charge in [-0.3, -0.25) is 4.79 Å². The van der Waals surface area contributed by atoms with E-state index in [2.05, 4.69) is 0 Å². The van der Waals surface area contributed by atoms with Crippen LogP contribution < -0.4 is 0 Å². The Morgan fingerprint density at radius 2 is 1.73 bits per heavy atom. The third-order valence-electron chi connectivity index (χ3n) is 4.76. The van der Waals surface area contributed by atoms with Crippen LogP contribution in [0.25, 0.3) is 0 Å². The predicted octanol–water partition coefficient (Wildman–Crippen LogP) is 1.41. The number of amides is 1. The summed E-state index contributed by atoms with van der Waals surface area (Å²) in [7, 11) is 0. The summed E-state index contributed by atoms with van der Waals surface area (Å²) in [5.41, 5.74) is -1.74. The van der Waals surface area contributed by atoms with Crippen molar-refractivity contribution in [3.63, 3.8) is 0 Å². The number of piperidine rings is 1. The van der Waals surface area contributed by atoms with Crippen molar-refractivity contribution in [2.75, 3.05) is 26.4 Å². The van der Waals surface area contributed by atoms with Crippen LogP contribution in [0.1, 0.15) is 52.9 Å². The summed E-state index contributed by atoms with van der Waals surface area (Å²) in [5, 5.41) is 0. The highest BCUT2D eigenvalue weighted by Gasteiger charge is 2.57. The fraction of sp³-hybridized carbons (Fsp3) is 0.833. The van der Waals surface area contributed by atoms with Crippen molar-refractivity contribution in [1.29, 1.82) is 0 Å². The van der Waals surface area contributed by atoms with Gasteiger partial charge in [0.15, 0.2) is 6.29 Å². The van der Waals surface area contributed by atoms with E-state index < -0.39 is 23.4 Å². The largest absolute Gasteiger partial charge is 0.464 e. The quantitative estimate of drug-likeness (QED) is 0.515. The summed E-state index contributed by atoms with van der Waals surface area (Å²) < 4.78 is 21.8. The van der Waals surface area contributed by atoms with Gasteiger partial charge in [0, 0.05) is 20.1 Å². The highest BCUT2D eigenvalue weighted by Crippen LogP contribution is 2.33. The lowest BCUT2D eigenvalue weighted by atomic mass is 9.85. The highest BCUT2D eigenvalue weighted by atomic mass is 16.7. The Morgan fingerprint density at radius 3 is 2.23 bits per heavy atom. The average Bonchev–Trinajstić information content (AvgIpc) is 2.63. The molecule has 2 fully saturated rings. The van der Waals surface area contributed by atoms with Gasteiger partial charge >= 0.3 is 11.9 Å². The van der Waals surface area contributed by atoms with Gasteiger partial charge in [-0.05, 0) is 46.0 Å². The number of nitrogens with zero attached hydrogens (tertiary/aromatic N) is 1. The van der Waals surface area contributed by atoms with Crippen LogP contribution >= 0.6 is 0 Å². The minimum absolute atomic E-state index is 0.0988. The van der Waals surface area contributed by atoms with Crippen LogP contribution in [-0.4, -0.2) is 67.0 Å². The molecule has 2 heterocycles. The molecular formula is C18H29NO7. The van der Waals surface area contributed by atoms with Gasteiger partial charge in [0.1, 0.15) is 0 Å². The third kappa shape index (κ3) is 4.35. The molecule has 0 aliphatic carbocycles. The molecule has 26 heavy (non-hydrogen) atoms. The summed E-state index contributed by atoms with van der Waals surface area (Å²) >= 11 is 0. The second-order valence-corrected chi connectivity index (χ2v) is 6.52. The predicted molar refractivity (Wildman–Crippen MR) is 91.1 cm³/mol. The van der Waals surface area contributed by atoms with Gasteiger partial charge in [-0.15, -0.1) is 0 Å². The Hall–Kier alpha value is -1.67. The summed E-state index contributed by atoms with van der Waals surface area (Å²) in [6.45, 7) is 5.64. The Kier molecular flexibility index (Phi) is 7.40. The molecule has 0 bridgehead atoms. The van der Waals surface area contributed by atoms with Crippen LogP contribution in [0, 0.1) is 0 Å². The van der Waals surface area contributed by atoms with Crippen molar-refractivity contribution in [1.82, 2.24) is 4.90 Å². The normalized spacial score (nSPS) is 25.4. The Bertz CT molecular complexity index is 498. The van der Waals surface area contributed by atoms with Gasteiger partial charge in [0.25, 0.3) is 0 Å². The molecule has 0 spiro atoms. The Morgan fingerprint density at radius 1 is 1.08 bits per heavy atom. The van der Waals surface area contributed by atoms with Gasteiger partial charge in [-0.25, -0.2) is 9.59 Å². The number of hydrogen-bond acceptors (Lipinski definition) is 7. The molecular weight excluding hydrogens is 342 g/mol. The topological polar surface area (TPSA) is 91.4 Å². The molecule has 0 aromatic heterocycles. The maximum atomic E-state index is 12.7. The van der Waals surface area contributed by atoms with E-state index in [9.17, 15) is 14.4 Å². The van der Waals surface area contributed by atoms with Crippen LogP contribution in [0.3, 0.4) is 0 Å². The number of rotatable bonds is 6. The zero-order chi connectivity index (χ0) is 19.2. The summed E-state index contributed by atoms with van der Waals surface area (Å²) in [5.74, 6) is -1.90. The molecule has 0 radical (unpaired) electrons. The van der Waals surface area contributed by atoms with Crippen LogP contribution in [-0.2, 0) is 33.3 Å². The first-order valence-corrected chi connectivity index (χ1v) is 9.35. The molecule has 2 aliphatic heterocycles. The van der Waals surface area contributed by atoms with E-state index in [4.69, 9.17) is 18.9 Å². The van der Waals surface area contributed by atoms with E-state index in [1.54, 1.807) is 13.8 Å². The lowest BCUT2D eigenvalue weighted by Crippen LogP contribution is -2.67. The molecule has 148 valence electrons. The van der Waals surface area contributed by atoms with Crippen LogP contribution in [0.4, 0.5) is 0 Å². The molecule has 0 aromatic rings. The van der Waals surface area contributed by atoms with Crippen molar-refractivity contribution < 1.29 is 33.3 Å². The lowest BCUT2D eigenvalue weighted by molar-refractivity contribution is -0.211. The fourth-order valence-electron chi connectivity index (χ4n) is 3.51. The van der Waals surface area contributed by atoms with Crippen molar-refractivity contribution in [2.45, 2.75) is 70.8 Å². The maximum absolute atomic E-state index is 12.7. The molecule has 1 amide bonds. The van der Waals surface area contributed by atoms with Gasteiger partial charge in [0.05, 0.1) is 19.3 Å². The molecule has 0 saturated carbocycles. The first-order valence-electron chi connectivity index (χ1n) is 9.35. The first-order chi connectivity index (χ1) is 12.5. The second kappa shape index (κ2) is 9.32. The zero-order valence-corrected chi connectivity index (χ0v) is 15.8. The molecule has 2 saturated heterocycles. The molecule has 2 rings (SSSR count). The molecule has 2 aliphatic rings. The van der Waals surface area contributed by atoms with E-state index in [0.717, 1.165) is 19.3 Å². The van der Waals surface area contributed by atoms with E-state index in [1.165, 1.54) is 11.8 Å². The van der Waals surface area contributed by atoms with Crippen LogP contribution in [0.15, 0.2) is 0 Å². The van der Waals surface area contributed by atoms with Gasteiger partial charge < -0.3 is 23.8 Å². The van der Waals surface area contributed by atoms with Crippen molar-refractivity contribution in [3.8, 4) is 0 Å². The highest BCUT2D eigenvalue weighted by molar-refractivity contribution is 6.07. The molecule has 1 unspecified atom stereocenters. The van der Waals surface area contributed by atoms with E-state index >= 15 is 0 Å². The molecule has 8 nitrogen and oxygen atoms in total. The summed E-state index contributed by atoms with van der Waals surface area (Å²) in [4.78, 5) is 38.9. The van der Waals surface area contributed by atoms with Crippen LogP contribution in [0.5, 0.6) is 0 Å². The van der Waals surface area contributed by atoms with E-state index in [1.807, 2.05) is 0 Å². The van der Waals surface area contributed by atoms with Gasteiger partial charge in [-0.1, -0.05) is 0 Å². The average molecular weight is 371 g/mol. The maximum Gasteiger partial charge on any atom is 0.343 e. The van der Waals surface area contributed by atoms with Gasteiger partial charge in [-0.2, -0.15) is 0 Å². The Labute approximate surface area is 154 Å². The minimum Gasteiger partial charge on any atom is -0.464 e. The van der Waals surface area contributed by atoms with E-state index in [-0.39, 0.29) is 38.6 Å². The van der Waals surface area contributed by atoms with Crippen LogP contribution in [0.2, 0.25) is 0 Å². The summed E-state index contributed by atoms with van der Waals surface area (Å²) in [6.07, 6.45) is 2.77. The fourth-order valence-corrected chi connectivity index (χ4v) is 3.51. The standard InChI is InChI=1S/C18H29NO7/c1-4-23-16(21)18(17(22)24-5-2)10-9-14(12-19(18)13(3)20)26-15-8-6-7-11-25-15/h14-15H,4-12H2,1-3H3/t14-,15?/m0/s1. The molecule has 2 atom stereocenters. The number of carbonyl (C=O) groups is 3. The monoisotopic (exact) mass is 371 g/mol. The lowest BCUT2D eigenvalue weighted by Gasteiger charge is -2.45. The number of ether oxygens (including phenoxy) is 4. The first kappa shape index (κ1) is 20.6. The second-order valence-electron chi connectivity index (χ2n) is 6.52. The Balaban J connectivity index is 2.20. The zero-order valence-electron chi connectivity index (χ0n) is 15.8. The molecule has 8 heteroatoms. The minimum atomic E-state index is -1.74. The van der Waals surface area contributed by atoms with E-state index in [0.29, 0.717) is 13.0 Å². The molecule has 0 N–H and O–H groups in total. The summed E-state index contributed by atoms with van der Waals surface area (Å²) in [6, 6.07) is 0. The number of carbonyl (C=O) groups excluding carboxylic acids is 3. The number of hydrogen-bond donors (Lipinski definition) is 0. The third-order valence-corrected chi connectivity index (χ3v) is 4.76. The number of likely N-dealkylation sites (tertiary alicyclic amines) is 1. The SMILES string of the molecule is CCOC(=O)C1(C(=O)OCC)CC[C@H](OC2CCCCO2)CN1C(C)=O. The van der Waals surface area contributed by atoms with Gasteiger partial charge in [0.2, 0.25) is 11.4 Å². The van der Waals surface area contributed by atoms with Crippen molar-refractivity contribution >= 4 is 17.8 Å². The number of esters is 2. The smallest absolute Gasteiger partial charge is 0.343 e. The van der Waals surface area contributed by atoms with Crippen molar-refractivity contribution in [2.24, 2.45) is 0 Å². The van der Waals surface area contributed by atoms with Crippen molar-refractivity contribution in [3.05, 3.63) is 0 Å². The molecule has 0 aromatic carbocycles.